The van der Waals surface area contributed by atoms with Gasteiger partial charge in [0.05, 0.1) is 17.2 Å². The van der Waals surface area contributed by atoms with Crippen LogP contribution in [0.25, 0.3) is 0 Å². The van der Waals surface area contributed by atoms with Crippen molar-refractivity contribution in [2.45, 2.75) is 19.8 Å². The monoisotopic (exact) mass is 362 g/mol. The summed E-state index contributed by atoms with van der Waals surface area (Å²) in [6.45, 7) is 1.88. The third-order valence-corrected chi connectivity index (χ3v) is 3.24. The first-order valence-electron chi connectivity index (χ1n) is 6.84. The maximum atomic E-state index is 11.7. The quantitative estimate of drug-likeness (QED) is 0.431. The lowest BCUT2D eigenvalue weighted by molar-refractivity contribution is -0.143. The third kappa shape index (κ3) is 7.30. The highest BCUT2D eigenvalue weighted by Gasteiger charge is 2.12. The fourth-order valence-electron chi connectivity index (χ4n) is 1.49. The van der Waals surface area contributed by atoms with E-state index in [4.69, 9.17) is 32.7 Å². The molecule has 0 aliphatic carbocycles. The summed E-state index contributed by atoms with van der Waals surface area (Å²) in [5.74, 6) is -1.53. The van der Waals surface area contributed by atoms with Gasteiger partial charge in [-0.15, -0.1) is 0 Å². The van der Waals surface area contributed by atoms with Gasteiger partial charge in [-0.05, 0) is 19.4 Å². The van der Waals surface area contributed by atoms with Crippen molar-refractivity contribution < 1.29 is 23.9 Å². The van der Waals surface area contributed by atoms with E-state index in [0.717, 1.165) is 0 Å². The molecule has 126 valence electrons. The minimum atomic E-state index is -0.738. The molecule has 0 bridgehead atoms. The van der Waals surface area contributed by atoms with Crippen LogP contribution in [0.15, 0.2) is 12.3 Å². The highest BCUT2D eigenvalue weighted by Crippen LogP contribution is 2.19. The molecule has 1 heterocycles. The molecule has 0 radical (unpaired) electrons. The Morgan fingerprint density at radius 3 is 2.65 bits per heavy atom. The number of halogens is 2. The van der Waals surface area contributed by atoms with Crippen LogP contribution in [0.3, 0.4) is 0 Å². The topological polar surface area (TPSA) is 94.6 Å². The number of nitrogens with zero attached hydrogens (tertiary/aromatic N) is 1. The van der Waals surface area contributed by atoms with Crippen LogP contribution in [-0.4, -0.2) is 42.6 Å². The van der Waals surface area contributed by atoms with Gasteiger partial charge in [-0.3, -0.25) is 9.59 Å². The number of pyridine rings is 1. The Labute approximate surface area is 143 Å². The summed E-state index contributed by atoms with van der Waals surface area (Å²) in [4.78, 5) is 38.0. The zero-order valence-corrected chi connectivity index (χ0v) is 13.9. The first kappa shape index (κ1) is 19.2. The summed E-state index contributed by atoms with van der Waals surface area (Å²) in [7, 11) is 0. The minimum Gasteiger partial charge on any atom is -0.466 e. The molecule has 0 aromatic carbocycles. The van der Waals surface area contributed by atoms with E-state index in [-0.39, 0.29) is 34.7 Å². The van der Waals surface area contributed by atoms with Gasteiger partial charge in [0.15, 0.2) is 6.61 Å². The molecule has 0 aliphatic rings. The number of amides is 1. The molecule has 0 unspecified atom stereocenters. The van der Waals surface area contributed by atoms with Crippen molar-refractivity contribution in [1.29, 1.82) is 0 Å². The molecular weight excluding hydrogens is 347 g/mol. The number of carbonyl (C=O) groups excluding carboxylic acids is 3. The molecule has 1 amide bonds. The van der Waals surface area contributed by atoms with Crippen molar-refractivity contribution in [2.75, 3.05) is 19.8 Å². The van der Waals surface area contributed by atoms with E-state index in [2.05, 4.69) is 10.3 Å². The zero-order chi connectivity index (χ0) is 17.2. The zero-order valence-electron chi connectivity index (χ0n) is 12.4. The summed E-state index contributed by atoms with van der Waals surface area (Å²) in [5.41, 5.74) is 0.0921. The Hall–Kier alpha value is -1.86. The molecule has 23 heavy (non-hydrogen) atoms. The summed E-state index contributed by atoms with van der Waals surface area (Å²) in [6.07, 6.45) is 1.85. The standard InChI is InChI=1S/C14H16Cl2N2O5/c1-2-22-12(20)4-3-5-17-11(19)8-23-14(21)9-6-10(15)13(16)18-7-9/h6-7H,2-5,8H2,1H3,(H,17,19). The molecule has 9 heteroatoms. The lowest BCUT2D eigenvalue weighted by Crippen LogP contribution is -2.30. The molecule has 1 aromatic heterocycles. The smallest absolute Gasteiger partial charge is 0.340 e. The molecule has 0 fully saturated rings. The normalized spacial score (nSPS) is 10.0. The lowest BCUT2D eigenvalue weighted by Gasteiger charge is -2.07. The Balaban J connectivity index is 2.26. The van der Waals surface area contributed by atoms with Gasteiger partial charge in [0.1, 0.15) is 5.15 Å². The summed E-state index contributed by atoms with van der Waals surface area (Å²) >= 11 is 11.4. The largest absolute Gasteiger partial charge is 0.466 e. The maximum absolute atomic E-state index is 11.7. The Morgan fingerprint density at radius 1 is 1.26 bits per heavy atom. The van der Waals surface area contributed by atoms with E-state index in [1.807, 2.05) is 0 Å². The van der Waals surface area contributed by atoms with Gasteiger partial charge in [0, 0.05) is 19.2 Å². The molecule has 0 spiro atoms. The van der Waals surface area contributed by atoms with Crippen molar-refractivity contribution >= 4 is 41.0 Å². The maximum Gasteiger partial charge on any atom is 0.340 e. The van der Waals surface area contributed by atoms with Crippen LogP contribution in [-0.2, 0) is 19.1 Å². The number of rotatable bonds is 8. The highest BCUT2D eigenvalue weighted by molar-refractivity contribution is 6.41. The van der Waals surface area contributed by atoms with Crippen molar-refractivity contribution in [1.82, 2.24) is 10.3 Å². The van der Waals surface area contributed by atoms with Crippen LogP contribution in [0.1, 0.15) is 30.1 Å². The number of esters is 2. The minimum absolute atomic E-state index is 0.0718. The number of nitrogens with one attached hydrogen (secondary N) is 1. The van der Waals surface area contributed by atoms with Gasteiger partial charge in [-0.25, -0.2) is 9.78 Å². The molecule has 7 nitrogen and oxygen atoms in total. The number of carbonyl (C=O) groups is 3. The fraction of sp³-hybridized carbons (Fsp3) is 0.429. The van der Waals surface area contributed by atoms with E-state index in [1.165, 1.54) is 12.3 Å². The van der Waals surface area contributed by atoms with Gasteiger partial charge in [-0.1, -0.05) is 23.2 Å². The second-order valence-corrected chi connectivity index (χ2v) is 5.10. The summed E-state index contributed by atoms with van der Waals surface area (Å²) in [5, 5.41) is 2.71. The fourth-order valence-corrected chi connectivity index (χ4v) is 1.76. The van der Waals surface area contributed by atoms with Gasteiger partial charge in [0.25, 0.3) is 5.91 Å². The molecule has 1 N–H and O–H groups in total. The van der Waals surface area contributed by atoms with Crippen molar-refractivity contribution in [3.8, 4) is 0 Å². The molecule has 0 saturated carbocycles. The van der Waals surface area contributed by atoms with Crippen molar-refractivity contribution in [2.24, 2.45) is 0 Å². The molecule has 0 aliphatic heterocycles. The van der Waals surface area contributed by atoms with E-state index in [9.17, 15) is 14.4 Å². The van der Waals surface area contributed by atoms with Crippen LogP contribution in [0.5, 0.6) is 0 Å². The number of ether oxygens (including phenoxy) is 2. The van der Waals surface area contributed by atoms with Gasteiger partial charge in [-0.2, -0.15) is 0 Å². The van der Waals surface area contributed by atoms with E-state index in [0.29, 0.717) is 13.0 Å². The number of aromatic nitrogens is 1. The third-order valence-electron chi connectivity index (χ3n) is 2.55. The second kappa shape index (κ2) is 10.0. The molecule has 0 saturated heterocycles. The molecule has 0 atom stereocenters. The van der Waals surface area contributed by atoms with Crippen molar-refractivity contribution in [3.05, 3.63) is 28.0 Å². The molecule has 1 rings (SSSR count). The summed E-state index contributed by atoms with van der Waals surface area (Å²) < 4.78 is 9.56. The molecular formula is C14H16Cl2N2O5. The van der Waals surface area contributed by atoms with Gasteiger partial charge in [0.2, 0.25) is 0 Å². The van der Waals surface area contributed by atoms with E-state index in [1.54, 1.807) is 6.92 Å². The Morgan fingerprint density at radius 2 is 2.00 bits per heavy atom. The van der Waals surface area contributed by atoms with Gasteiger partial charge >= 0.3 is 11.9 Å². The Bertz CT molecular complexity index is 580. The van der Waals surface area contributed by atoms with Crippen molar-refractivity contribution in [3.63, 3.8) is 0 Å². The van der Waals surface area contributed by atoms with E-state index >= 15 is 0 Å². The van der Waals surface area contributed by atoms with Gasteiger partial charge < -0.3 is 14.8 Å². The predicted octanol–water partition coefficient (Wildman–Crippen LogP) is 2.00. The van der Waals surface area contributed by atoms with Crippen LogP contribution >= 0.6 is 23.2 Å². The number of hydrogen-bond donors (Lipinski definition) is 1. The first-order chi connectivity index (χ1) is 10.9. The van der Waals surface area contributed by atoms with E-state index < -0.39 is 18.5 Å². The first-order valence-corrected chi connectivity index (χ1v) is 7.60. The van der Waals surface area contributed by atoms with Crippen LogP contribution in [0, 0.1) is 0 Å². The SMILES string of the molecule is CCOC(=O)CCCNC(=O)COC(=O)c1cnc(Cl)c(Cl)c1. The average Bonchev–Trinajstić information content (AvgIpc) is 2.52. The molecule has 1 aromatic rings. The van der Waals surface area contributed by atoms with Crippen LogP contribution in [0.4, 0.5) is 0 Å². The second-order valence-electron chi connectivity index (χ2n) is 4.33. The lowest BCUT2D eigenvalue weighted by atomic mass is 10.3. The summed E-state index contributed by atoms with van der Waals surface area (Å²) in [6, 6.07) is 1.30. The Kier molecular flexibility index (Phi) is 8.36. The average molecular weight is 363 g/mol. The van der Waals surface area contributed by atoms with Crippen LogP contribution in [0.2, 0.25) is 10.2 Å². The predicted molar refractivity (Wildman–Crippen MR) is 83.4 cm³/mol. The number of hydrogen-bond acceptors (Lipinski definition) is 6. The van der Waals surface area contributed by atoms with Crippen LogP contribution < -0.4 is 5.32 Å². The highest BCUT2D eigenvalue weighted by atomic mass is 35.5.